The molecule has 0 fully saturated rings. The molecule has 0 aliphatic rings. The third-order valence-electron chi connectivity index (χ3n) is 2.25. The van der Waals surface area contributed by atoms with Crippen molar-refractivity contribution in [2.24, 2.45) is 0 Å². The second kappa shape index (κ2) is 3.69. The van der Waals surface area contributed by atoms with Crippen LogP contribution >= 0.6 is 0 Å². The van der Waals surface area contributed by atoms with E-state index < -0.39 is 11.7 Å². The Hall–Kier alpha value is -2.30. The molecule has 2 N–H and O–H groups in total. The smallest absolute Gasteiger partial charge is 0.358 e. The molecule has 0 saturated heterocycles. The molecule has 2 rings (SSSR count). The molecule has 0 spiro atoms. The van der Waals surface area contributed by atoms with Crippen molar-refractivity contribution in [3.8, 4) is 11.6 Å². The summed E-state index contributed by atoms with van der Waals surface area (Å²) >= 11 is 0. The number of carboxylic acid groups (broad SMARTS) is 1. The van der Waals surface area contributed by atoms with E-state index in [0.29, 0.717) is 10.8 Å². The number of pyridine rings is 1. The molecule has 1 heterocycles. The monoisotopic (exact) mass is 219 g/mol. The van der Waals surface area contributed by atoms with Gasteiger partial charge in [0.05, 0.1) is 7.11 Å². The van der Waals surface area contributed by atoms with Gasteiger partial charge < -0.3 is 14.9 Å². The molecule has 0 aliphatic carbocycles. The summed E-state index contributed by atoms with van der Waals surface area (Å²) in [7, 11) is 1.40. The number of aromatic hydroxyl groups is 1. The Kier molecular flexibility index (Phi) is 2.36. The largest absolute Gasteiger partial charge is 0.505 e. The first-order valence-corrected chi connectivity index (χ1v) is 4.54. The van der Waals surface area contributed by atoms with Crippen LogP contribution in [0.1, 0.15) is 10.5 Å². The minimum atomic E-state index is -1.29. The molecule has 0 aliphatic heterocycles. The SMILES string of the molecule is COc1nc(C(=O)O)c(O)c2ccccc12. The Bertz CT molecular complexity index is 565. The Morgan fingerprint density at radius 1 is 1.31 bits per heavy atom. The van der Waals surface area contributed by atoms with Gasteiger partial charge in [0, 0.05) is 10.8 Å². The van der Waals surface area contributed by atoms with Gasteiger partial charge in [0.1, 0.15) is 0 Å². The highest BCUT2D eigenvalue weighted by molar-refractivity contribution is 6.00. The average molecular weight is 219 g/mol. The lowest BCUT2D eigenvalue weighted by atomic mass is 10.1. The lowest BCUT2D eigenvalue weighted by Crippen LogP contribution is -2.03. The zero-order valence-corrected chi connectivity index (χ0v) is 8.47. The molecular formula is C11H9NO4. The Balaban J connectivity index is 2.88. The van der Waals surface area contributed by atoms with Gasteiger partial charge in [0.2, 0.25) is 5.88 Å². The number of hydrogen-bond acceptors (Lipinski definition) is 4. The maximum absolute atomic E-state index is 10.9. The first-order chi connectivity index (χ1) is 7.65. The van der Waals surface area contributed by atoms with Crippen LogP contribution in [-0.4, -0.2) is 28.3 Å². The number of carbonyl (C=O) groups is 1. The molecule has 0 saturated carbocycles. The molecular weight excluding hydrogens is 210 g/mol. The molecule has 0 unspecified atom stereocenters. The Labute approximate surface area is 90.9 Å². The second-order valence-corrected chi connectivity index (χ2v) is 3.17. The van der Waals surface area contributed by atoms with E-state index in [1.54, 1.807) is 24.3 Å². The maximum Gasteiger partial charge on any atom is 0.358 e. The van der Waals surface area contributed by atoms with E-state index in [0.717, 1.165) is 0 Å². The third kappa shape index (κ3) is 1.42. The lowest BCUT2D eigenvalue weighted by molar-refractivity contribution is 0.0686. The van der Waals surface area contributed by atoms with Crippen molar-refractivity contribution >= 4 is 16.7 Å². The van der Waals surface area contributed by atoms with Crippen molar-refractivity contribution in [2.45, 2.75) is 0 Å². The summed E-state index contributed by atoms with van der Waals surface area (Å²) in [6, 6.07) is 6.77. The topological polar surface area (TPSA) is 79.7 Å². The summed E-state index contributed by atoms with van der Waals surface area (Å²) in [4.78, 5) is 14.6. The van der Waals surface area contributed by atoms with E-state index in [1.165, 1.54) is 7.11 Å². The maximum atomic E-state index is 10.9. The minimum absolute atomic E-state index is 0.186. The van der Waals surface area contributed by atoms with Gasteiger partial charge in [-0.05, 0) is 6.07 Å². The molecule has 5 nitrogen and oxygen atoms in total. The minimum Gasteiger partial charge on any atom is -0.505 e. The van der Waals surface area contributed by atoms with Crippen molar-refractivity contribution in [2.75, 3.05) is 7.11 Å². The third-order valence-corrected chi connectivity index (χ3v) is 2.25. The zero-order chi connectivity index (χ0) is 11.7. The van der Waals surface area contributed by atoms with E-state index >= 15 is 0 Å². The fourth-order valence-corrected chi connectivity index (χ4v) is 1.52. The number of carboxylic acids is 1. The van der Waals surface area contributed by atoms with Crippen LogP contribution in [0.4, 0.5) is 0 Å². The van der Waals surface area contributed by atoms with Crippen LogP contribution in [0.25, 0.3) is 10.8 Å². The van der Waals surface area contributed by atoms with Crippen LogP contribution in [0.15, 0.2) is 24.3 Å². The van der Waals surface area contributed by atoms with Crippen LogP contribution in [0.2, 0.25) is 0 Å². The first-order valence-electron chi connectivity index (χ1n) is 4.54. The zero-order valence-electron chi connectivity index (χ0n) is 8.47. The quantitative estimate of drug-likeness (QED) is 0.802. The van der Waals surface area contributed by atoms with Gasteiger partial charge in [-0.25, -0.2) is 9.78 Å². The highest BCUT2D eigenvalue weighted by atomic mass is 16.5. The van der Waals surface area contributed by atoms with Crippen molar-refractivity contribution in [1.82, 2.24) is 4.98 Å². The fourth-order valence-electron chi connectivity index (χ4n) is 1.52. The molecule has 0 bridgehead atoms. The number of aromatic nitrogens is 1. The van der Waals surface area contributed by atoms with Gasteiger partial charge in [-0.15, -0.1) is 0 Å². The lowest BCUT2D eigenvalue weighted by Gasteiger charge is -2.08. The molecule has 0 atom stereocenters. The number of methoxy groups -OCH3 is 1. The highest BCUT2D eigenvalue weighted by Crippen LogP contribution is 2.32. The van der Waals surface area contributed by atoms with Crippen LogP contribution in [-0.2, 0) is 0 Å². The highest BCUT2D eigenvalue weighted by Gasteiger charge is 2.18. The van der Waals surface area contributed by atoms with Gasteiger partial charge in [-0.2, -0.15) is 0 Å². The summed E-state index contributed by atoms with van der Waals surface area (Å²) in [5.41, 5.74) is -0.407. The fraction of sp³-hybridized carbons (Fsp3) is 0.0909. The molecule has 1 aromatic heterocycles. The average Bonchev–Trinajstić information content (AvgIpc) is 2.29. The van der Waals surface area contributed by atoms with E-state index in [-0.39, 0.29) is 11.6 Å². The van der Waals surface area contributed by atoms with Gasteiger partial charge in [-0.3, -0.25) is 0 Å². The van der Waals surface area contributed by atoms with Crippen molar-refractivity contribution in [3.63, 3.8) is 0 Å². The molecule has 0 amide bonds. The molecule has 2 aromatic rings. The molecule has 1 aromatic carbocycles. The van der Waals surface area contributed by atoms with Crippen molar-refractivity contribution < 1.29 is 19.7 Å². The first kappa shape index (κ1) is 10.2. The predicted octanol–water partition coefficient (Wildman–Crippen LogP) is 1.65. The van der Waals surface area contributed by atoms with Gasteiger partial charge in [0.15, 0.2) is 11.4 Å². The summed E-state index contributed by atoms with van der Waals surface area (Å²) in [6.07, 6.45) is 0. The molecule has 82 valence electrons. The van der Waals surface area contributed by atoms with Crippen LogP contribution in [0, 0.1) is 0 Å². The number of benzene rings is 1. The van der Waals surface area contributed by atoms with E-state index in [2.05, 4.69) is 4.98 Å². The second-order valence-electron chi connectivity index (χ2n) is 3.17. The summed E-state index contributed by atoms with van der Waals surface area (Å²) in [6.45, 7) is 0. The number of rotatable bonds is 2. The molecule has 16 heavy (non-hydrogen) atoms. The van der Waals surface area contributed by atoms with Crippen LogP contribution in [0.5, 0.6) is 11.6 Å². The van der Waals surface area contributed by atoms with Gasteiger partial charge in [0.25, 0.3) is 0 Å². The number of nitrogens with zero attached hydrogens (tertiary/aromatic N) is 1. The predicted molar refractivity (Wildman–Crippen MR) is 56.9 cm³/mol. The molecule has 5 heteroatoms. The van der Waals surface area contributed by atoms with Crippen LogP contribution < -0.4 is 4.74 Å². The summed E-state index contributed by atoms with van der Waals surface area (Å²) in [5.74, 6) is -1.45. The summed E-state index contributed by atoms with van der Waals surface area (Å²) in [5, 5.41) is 19.6. The Morgan fingerprint density at radius 3 is 2.50 bits per heavy atom. The van der Waals surface area contributed by atoms with Gasteiger partial charge in [-0.1, -0.05) is 18.2 Å². The molecule has 0 radical (unpaired) electrons. The number of fused-ring (bicyclic) bond motifs is 1. The number of hydrogen-bond donors (Lipinski definition) is 2. The van der Waals surface area contributed by atoms with Gasteiger partial charge >= 0.3 is 5.97 Å². The van der Waals surface area contributed by atoms with E-state index in [1.807, 2.05) is 0 Å². The van der Waals surface area contributed by atoms with Crippen LogP contribution in [0.3, 0.4) is 0 Å². The Morgan fingerprint density at radius 2 is 1.94 bits per heavy atom. The standard InChI is InChI=1S/C11H9NO4/c1-16-10-7-5-3-2-4-6(7)9(13)8(12-10)11(14)15/h2-5,13H,1H3,(H,14,15). The number of aromatic carboxylic acids is 1. The summed E-state index contributed by atoms with van der Waals surface area (Å²) < 4.78 is 4.99. The van der Waals surface area contributed by atoms with Crippen molar-refractivity contribution in [1.29, 1.82) is 0 Å². The normalized spacial score (nSPS) is 10.3. The van der Waals surface area contributed by atoms with E-state index in [4.69, 9.17) is 9.84 Å². The van der Waals surface area contributed by atoms with E-state index in [9.17, 15) is 9.90 Å². The van der Waals surface area contributed by atoms with Crippen molar-refractivity contribution in [3.05, 3.63) is 30.0 Å². The number of ether oxygens (including phenoxy) is 1.